The Labute approximate surface area is 125 Å². The molecule has 0 atom stereocenters. The van der Waals surface area contributed by atoms with Crippen molar-refractivity contribution in [3.05, 3.63) is 58.1 Å². The third kappa shape index (κ3) is 3.04. The molecule has 1 aliphatic rings. The van der Waals surface area contributed by atoms with Crippen LogP contribution in [0.3, 0.4) is 0 Å². The van der Waals surface area contributed by atoms with Gasteiger partial charge in [-0.25, -0.2) is 9.97 Å². The first kappa shape index (κ1) is 13.2. The van der Waals surface area contributed by atoms with Gasteiger partial charge in [0.25, 0.3) is 5.91 Å². The topological polar surface area (TPSA) is 54.9 Å². The Morgan fingerprint density at radius 3 is 2.85 bits per heavy atom. The van der Waals surface area contributed by atoms with E-state index in [0.29, 0.717) is 18.0 Å². The zero-order valence-electron chi connectivity index (χ0n) is 10.8. The van der Waals surface area contributed by atoms with E-state index in [1.807, 2.05) is 24.3 Å². The molecule has 20 heavy (non-hydrogen) atoms. The van der Waals surface area contributed by atoms with E-state index in [4.69, 9.17) is 0 Å². The second-order valence-electron chi connectivity index (χ2n) is 4.87. The zero-order chi connectivity index (χ0) is 13.9. The Bertz CT molecular complexity index is 641. The molecule has 1 aromatic heterocycles. The predicted molar refractivity (Wildman–Crippen MR) is 79.3 cm³/mol. The molecular formula is C15H14BrN3O. The van der Waals surface area contributed by atoms with Crippen LogP contribution in [0.25, 0.3) is 0 Å². The van der Waals surface area contributed by atoms with Gasteiger partial charge in [-0.2, -0.15) is 0 Å². The molecule has 4 nitrogen and oxygen atoms in total. The van der Waals surface area contributed by atoms with Gasteiger partial charge in [-0.3, -0.25) is 4.79 Å². The highest BCUT2D eigenvalue weighted by Gasteiger charge is 2.25. The van der Waals surface area contributed by atoms with E-state index in [2.05, 4.69) is 31.2 Å². The lowest BCUT2D eigenvalue weighted by atomic mass is 10.2. The summed E-state index contributed by atoms with van der Waals surface area (Å²) in [6.07, 6.45) is 3.99. The first-order valence-electron chi connectivity index (χ1n) is 6.57. The maximum atomic E-state index is 12.1. The molecule has 1 fully saturated rings. The van der Waals surface area contributed by atoms with Crippen molar-refractivity contribution < 1.29 is 4.79 Å². The standard InChI is InChI=1S/C15H14BrN3O/c16-13-4-2-1-3-12(13)15(20)17-8-11-7-14(10-5-6-10)19-9-18-11/h1-4,7,9-10H,5-6,8H2,(H,17,20). The fraction of sp³-hybridized carbons (Fsp3) is 0.267. The van der Waals surface area contributed by atoms with Crippen LogP contribution in [0.2, 0.25) is 0 Å². The summed E-state index contributed by atoms with van der Waals surface area (Å²) < 4.78 is 0.791. The van der Waals surface area contributed by atoms with Crippen molar-refractivity contribution >= 4 is 21.8 Å². The molecule has 2 aromatic rings. The van der Waals surface area contributed by atoms with E-state index >= 15 is 0 Å². The summed E-state index contributed by atoms with van der Waals surface area (Å²) in [7, 11) is 0. The van der Waals surface area contributed by atoms with Crippen LogP contribution in [0.15, 0.2) is 41.1 Å². The Kier molecular flexibility index (Phi) is 3.78. The van der Waals surface area contributed by atoms with Crippen LogP contribution in [0.1, 0.15) is 40.5 Å². The third-order valence-corrected chi connectivity index (χ3v) is 3.98. The normalized spacial score (nSPS) is 14.1. The van der Waals surface area contributed by atoms with Gasteiger partial charge >= 0.3 is 0 Å². The number of aromatic nitrogens is 2. The lowest BCUT2D eigenvalue weighted by molar-refractivity contribution is 0.0949. The van der Waals surface area contributed by atoms with E-state index in [1.165, 1.54) is 12.8 Å². The molecule has 0 aliphatic heterocycles. The summed E-state index contributed by atoms with van der Waals surface area (Å²) in [5.74, 6) is 0.486. The minimum absolute atomic E-state index is 0.107. The molecule has 1 saturated carbocycles. The van der Waals surface area contributed by atoms with Crippen LogP contribution < -0.4 is 5.32 Å². The first-order chi connectivity index (χ1) is 9.74. The molecule has 1 N–H and O–H groups in total. The molecule has 0 radical (unpaired) electrons. The van der Waals surface area contributed by atoms with Crippen molar-refractivity contribution in [3.8, 4) is 0 Å². The summed E-state index contributed by atoms with van der Waals surface area (Å²) in [6.45, 7) is 0.419. The second kappa shape index (κ2) is 5.71. The SMILES string of the molecule is O=C(NCc1cc(C2CC2)ncn1)c1ccccc1Br. The van der Waals surface area contributed by atoms with Gasteiger partial charge in [-0.15, -0.1) is 0 Å². The number of nitrogens with zero attached hydrogens (tertiary/aromatic N) is 2. The fourth-order valence-corrected chi connectivity index (χ4v) is 2.49. The van der Waals surface area contributed by atoms with Crippen molar-refractivity contribution in [3.63, 3.8) is 0 Å². The number of rotatable bonds is 4. The maximum absolute atomic E-state index is 12.1. The molecule has 1 heterocycles. The van der Waals surface area contributed by atoms with E-state index in [9.17, 15) is 4.79 Å². The molecule has 1 aliphatic carbocycles. The van der Waals surface area contributed by atoms with Gasteiger partial charge in [0, 0.05) is 16.1 Å². The smallest absolute Gasteiger partial charge is 0.252 e. The van der Waals surface area contributed by atoms with Crippen molar-refractivity contribution in [1.82, 2.24) is 15.3 Å². The van der Waals surface area contributed by atoms with Gasteiger partial charge in [0.05, 0.1) is 17.8 Å². The van der Waals surface area contributed by atoms with Crippen molar-refractivity contribution in [2.45, 2.75) is 25.3 Å². The lowest BCUT2D eigenvalue weighted by Crippen LogP contribution is -2.23. The summed E-state index contributed by atoms with van der Waals surface area (Å²) in [5.41, 5.74) is 2.57. The molecule has 0 spiro atoms. The van der Waals surface area contributed by atoms with Gasteiger partial charge < -0.3 is 5.32 Å². The largest absolute Gasteiger partial charge is 0.346 e. The number of amides is 1. The molecule has 5 heteroatoms. The van der Waals surface area contributed by atoms with Gasteiger partial charge in [-0.1, -0.05) is 12.1 Å². The minimum Gasteiger partial charge on any atom is -0.346 e. The molecule has 1 amide bonds. The maximum Gasteiger partial charge on any atom is 0.252 e. The molecular weight excluding hydrogens is 318 g/mol. The molecule has 3 rings (SSSR count). The molecule has 1 aromatic carbocycles. The Morgan fingerprint density at radius 2 is 2.10 bits per heavy atom. The molecule has 102 valence electrons. The number of hydrogen-bond donors (Lipinski definition) is 1. The van der Waals surface area contributed by atoms with Crippen LogP contribution >= 0.6 is 15.9 Å². The Balaban J connectivity index is 1.66. The fourth-order valence-electron chi connectivity index (χ4n) is 2.03. The molecule has 0 unspecified atom stereocenters. The quantitative estimate of drug-likeness (QED) is 0.936. The van der Waals surface area contributed by atoms with Gasteiger partial charge in [0.2, 0.25) is 0 Å². The lowest BCUT2D eigenvalue weighted by Gasteiger charge is -2.07. The number of carbonyl (C=O) groups excluding carboxylic acids is 1. The van der Waals surface area contributed by atoms with Gasteiger partial charge in [0.15, 0.2) is 0 Å². The van der Waals surface area contributed by atoms with E-state index in [-0.39, 0.29) is 5.91 Å². The third-order valence-electron chi connectivity index (χ3n) is 3.29. The van der Waals surface area contributed by atoms with Crippen LogP contribution in [0.4, 0.5) is 0 Å². The average molecular weight is 332 g/mol. The number of hydrogen-bond acceptors (Lipinski definition) is 3. The molecule has 0 saturated heterocycles. The van der Waals surface area contributed by atoms with E-state index in [0.717, 1.165) is 15.9 Å². The monoisotopic (exact) mass is 331 g/mol. The predicted octanol–water partition coefficient (Wildman–Crippen LogP) is 3.05. The van der Waals surface area contributed by atoms with Crippen LogP contribution in [0.5, 0.6) is 0 Å². The number of nitrogens with one attached hydrogen (secondary N) is 1. The highest BCUT2D eigenvalue weighted by Crippen LogP contribution is 2.38. The number of carbonyl (C=O) groups is 1. The van der Waals surface area contributed by atoms with Crippen LogP contribution in [-0.4, -0.2) is 15.9 Å². The minimum atomic E-state index is -0.107. The van der Waals surface area contributed by atoms with Crippen LogP contribution in [0, 0.1) is 0 Å². The van der Waals surface area contributed by atoms with Gasteiger partial charge in [0.1, 0.15) is 6.33 Å². The summed E-state index contributed by atoms with van der Waals surface area (Å²) >= 11 is 3.38. The molecule has 0 bridgehead atoms. The number of benzene rings is 1. The Hall–Kier alpha value is -1.75. The number of halogens is 1. The summed E-state index contributed by atoms with van der Waals surface area (Å²) in [6, 6.07) is 9.35. The van der Waals surface area contributed by atoms with Crippen molar-refractivity contribution in [2.75, 3.05) is 0 Å². The van der Waals surface area contributed by atoms with Crippen molar-refractivity contribution in [1.29, 1.82) is 0 Å². The Morgan fingerprint density at radius 1 is 1.30 bits per heavy atom. The second-order valence-corrected chi connectivity index (χ2v) is 5.73. The first-order valence-corrected chi connectivity index (χ1v) is 7.37. The van der Waals surface area contributed by atoms with E-state index < -0.39 is 0 Å². The van der Waals surface area contributed by atoms with Crippen molar-refractivity contribution in [2.24, 2.45) is 0 Å². The zero-order valence-corrected chi connectivity index (χ0v) is 12.4. The van der Waals surface area contributed by atoms with E-state index in [1.54, 1.807) is 12.4 Å². The highest BCUT2D eigenvalue weighted by molar-refractivity contribution is 9.10. The average Bonchev–Trinajstić information content (AvgIpc) is 3.30. The van der Waals surface area contributed by atoms with Gasteiger partial charge in [-0.05, 0) is 47.0 Å². The van der Waals surface area contributed by atoms with Crippen LogP contribution in [-0.2, 0) is 6.54 Å². The highest BCUT2D eigenvalue weighted by atomic mass is 79.9. The summed E-state index contributed by atoms with van der Waals surface area (Å²) in [5, 5.41) is 2.88. The summed E-state index contributed by atoms with van der Waals surface area (Å²) in [4.78, 5) is 20.6.